The van der Waals surface area contributed by atoms with E-state index in [-0.39, 0.29) is 17.4 Å². The van der Waals surface area contributed by atoms with Gasteiger partial charge in [-0.25, -0.2) is 0 Å². The van der Waals surface area contributed by atoms with Crippen molar-refractivity contribution in [3.05, 3.63) is 54.1 Å². The van der Waals surface area contributed by atoms with E-state index in [1.807, 2.05) is 46.5 Å². The van der Waals surface area contributed by atoms with E-state index >= 15 is 0 Å². The van der Waals surface area contributed by atoms with Gasteiger partial charge in [0.05, 0.1) is 23.2 Å². The first-order valence-corrected chi connectivity index (χ1v) is 9.96. The Bertz CT molecular complexity index is 883. The number of hydrogen-bond acceptors (Lipinski definition) is 3. The quantitative estimate of drug-likeness (QED) is 0.823. The highest BCUT2D eigenvalue weighted by atomic mass is 16.2. The molecule has 0 aromatic carbocycles. The van der Waals surface area contributed by atoms with Gasteiger partial charge < -0.3 is 14.4 Å². The van der Waals surface area contributed by atoms with Gasteiger partial charge in [-0.15, -0.1) is 0 Å². The third-order valence-electron chi connectivity index (χ3n) is 6.04. The topological polar surface area (TPSA) is 58.4 Å². The van der Waals surface area contributed by atoms with Gasteiger partial charge in [-0.05, 0) is 51.8 Å². The van der Waals surface area contributed by atoms with Crippen LogP contribution in [0, 0.1) is 5.41 Å². The molecule has 148 valence electrons. The first-order valence-electron chi connectivity index (χ1n) is 9.96. The van der Waals surface area contributed by atoms with Crippen molar-refractivity contribution in [2.24, 2.45) is 5.41 Å². The molecule has 2 aromatic heterocycles. The Kier molecular flexibility index (Phi) is 4.52. The molecular formula is C22H28N4O2. The molecule has 0 bridgehead atoms. The zero-order valence-corrected chi connectivity index (χ0v) is 16.9. The molecule has 2 saturated heterocycles. The molecule has 6 heteroatoms. The van der Waals surface area contributed by atoms with Gasteiger partial charge in [0.2, 0.25) is 5.91 Å². The Morgan fingerprint density at radius 1 is 1.18 bits per heavy atom. The Labute approximate surface area is 166 Å². The second-order valence-electron chi connectivity index (χ2n) is 9.03. The van der Waals surface area contributed by atoms with Crippen molar-refractivity contribution in [2.75, 3.05) is 19.6 Å². The van der Waals surface area contributed by atoms with Crippen LogP contribution in [0.1, 0.15) is 49.7 Å². The lowest BCUT2D eigenvalue weighted by Gasteiger charge is -2.23. The zero-order valence-electron chi connectivity index (χ0n) is 16.9. The standard InChI is InChI=1S/C22H28N4O2/c1-21(2,3)26-11-7-17(14-26)19(27)25-13-9-22(16-25)8-12-24(20(22)28)15-18-6-4-5-10-23-18/h4-7,10-11,14H,8-9,12-13,15-16H2,1-3H3. The van der Waals surface area contributed by atoms with Crippen molar-refractivity contribution in [2.45, 2.75) is 45.7 Å². The predicted molar refractivity (Wildman–Crippen MR) is 107 cm³/mol. The summed E-state index contributed by atoms with van der Waals surface area (Å²) in [5.74, 6) is 0.191. The highest BCUT2D eigenvalue weighted by Gasteiger charge is 2.51. The van der Waals surface area contributed by atoms with Gasteiger partial charge in [0, 0.05) is 43.8 Å². The molecule has 2 aliphatic heterocycles. The minimum atomic E-state index is -0.420. The molecule has 1 spiro atoms. The molecule has 2 aliphatic rings. The summed E-state index contributed by atoms with van der Waals surface area (Å²) in [5.41, 5.74) is 1.12. The number of aromatic nitrogens is 2. The average Bonchev–Trinajstić information content (AvgIpc) is 3.38. The van der Waals surface area contributed by atoms with Gasteiger partial charge in [-0.2, -0.15) is 0 Å². The van der Waals surface area contributed by atoms with Crippen LogP contribution >= 0.6 is 0 Å². The highest BCUT2D eigenvalue weighted by Crippen LogP contribution is 2.41. The normalized spacial score (nSPS) is 22.5. The van der Waals surface area contributed by atoms with Crippen LogP contribution in [0.2, 0.25) is 0 Å². The van der Waals surface area contributed by atoms with Gasteiger partial charge >= 0.3 is 0 Å². The lowest BCUT2D eigenvalue weighted by atomic mass is 9.85. The first-order chi connectivity index (χ1) is 13.3. The SMILES string of the molecule is CC(C)(C)n1ccc(C(=O)N2CCC3(CCN(Cc4ccccn4)C3=O)C2)c1. The van der Waals surface area contributed by atoms with Crippen LogP contribution < -0.4 is 0 Å². The maximum absolute atomic E-state index is 13.1. The fourth-order valence-electron chi connectivity index (χ4n) is 4.28. The summed E-state index contributed by atoms with van der Waals surface area (Å²) in [6.07, 6.45) is 7.18. The van der Waals surface area contributed by atoms with Crippen molar-refractivity contribution >= 4 is 11.8 Å². The molecule has 4 heterocycles. The van der Waals surface area contributed by atoms with Crippen LogP contribution in [-0.2, 0) is 16.9 Å². The molecule has 2 fully saturated rings. The zero-order chi connectivity index (χ0) is 19.9. The van der Waals surface area contributed by atoms with Crippen LogP contribution in [0.4, 0.5) is 0 Å². The number of likely N-dealkylation sites (tertiary alicyclic amines) is 2. The van der Waals surface area contributed by atoms with Crippen LogP contribution in [0.15, 0.2) is 42.9 Å². The second kappa shape index (κ2) is 6.76. The molecule has 0 radical (unpaired) electrons. The third-order valence-corrected chi connectivity index (χ3v) is 6.04. The number of pyridine rings is 1. The highest BCUT2D eigenvalue weighted by molar-refractivity contribution is 5.95. The van der Waals surface area contributed by atoms with Gasteiger partial charge in [0.1, 0.15) is 0 Å². The molecule has 0 saturated carbocycles. The summed E-state index contributed by atoms with van der Waals surface area (Å²) >= 11 is 0. The lowest BCUT2D eigenvalue weighted by molar-refractivity contribution is -0.135. The van der Waals surface area contributed by atoms with Crippen LogP contribution in [-0.4, -0.2) is 50.8 Å². The molecule has 0 aliphatic carbocycles. The fraction of sp³-hybridized carbons (Fsp3) is 0.500. The summed E-state index contributed by atoms with van der Waals surface area (Å²) in [4.78, 5) is 34.2. The Balaban J connectivity index is 1.44. The van der Waals surface area contributed by atoms with Crippen molar-refractivity contribution in [3.8, 4) is 0 Å². The summed E-state index contributed by atoms with van der Waals surface area (Å²) in [7, 11) is 0. The maximum Gasteiger partial charge on any atom is 0.255 e. The molecule has 2 aromatic rings. The minimum absolute atomic E-state index is 0.0239. The number of amides is 2. The number of carbonyl (C=O) groups is 2. The van der Waals surface area contributed by atoms with E-state index in [1.54, 1.807) is 6.20 Å². The van der Waals surface area contributed by atoms with E-state index in [0.29, 0.717) is 25.2 Å². The summed E-state index contributed by atoms with van der Waals surface area (Å²) in [6, 6.07) is 7.65. The number of rotatable bonds is 3. The molecule has 2 amide bonds. The molecule has 0 N–H and O–H groups in total. The van der Waals surface area contributed by atoms with Crippen LogP contribution in [0.5, 0.6) is 0 Å². The summed E-state index contributed by atoms with van der Waals surface area (Å²) in [5, 5.41) is 0. The molecule has 6 nitrogen and oxygen atoms in total. The van der Waals surface area contributed by atoms with Crippen LogP contribution in [0.3, 0.4) is 0 Å². The monoisotopic (exact) mass is 380 g/mol. The first kappa shape index (κ1) is 18.7. The summed E-state index contributed by atoms with van der Waals surface area (Å²) < 4.78 is 2.06. The number of carbonyl (C=O) groups excluding carboxylic acids is 2. The third kappa shape index (κ3) is 3.32. The van der Waals surface area contributed by atoms with Crippen molar-refractivity contribution < 1.29 is 9.59 Å². The van der Waals surface area contributed by atoms with E-state index in [2.05, 4.69) is 30.3 Å². The summed E-state index contributed by atoms with van der Waals surface area (Å²) in [6.45, 7) is 8.77. The predicted octanol–water partition coefficient (Wildman–Crippen LogP) is 2.90. The molecule has 4 rings (SSSR count). The minimum Gasteiger partial charge on any atom is -0.348 e. The molecule has 1 atom stereocenters. The number of nitrogens with zero attached hydrogens (tertiary/aromatic N) is 4. The van der Waals surface area contributed by atoms with Crippen molar-refractivity contribution in [1.82, 2.24) is 19.4 Å². The largest absolute Gasteiger partial charge is 0.348 e. The van der Waals surface area contributed by atoms with Crippen molar-refractivity contribution in [3.63, 3.8) is 0 Å². The molecule has 28 heavy (non-hydrogen) atoms. The Hall–Kier alpha value is -2.63. The van der Waals surface area contributed by atoms with E-state index < -0.39 is 5.41 Å². The Morgan fingerprint density at radius 2 is 1.96 bits per heavy atom. The smallest absolute Gasteiger partial charge is 0.255 e. The second-order valence-corrected chi connectivity index (χ2v) is 9.03. The van der Waals surface area contributed by atoms with Gasteiger partial charge in [-0.1, -0.05) is 6.07 Å². The Morgan fingerprint density at radius 3 is 2.64 bits per heavy atom. The maximum atomic E-state index is 13.1. The van der Waals surface area contributed by atoms with E-state index in [9.17, 15) is 9.59 Å². The van der Waals surface area contributed by atoms with E-state index in [4.69, 9.17) is 0 Å². The molecular weight excluding hydrogens is 352 g/mol. The molecule has 1 unspecified atom stereocenters. The lowest BCUT2D eigenvalue weighted by Crippen LogP contribution is -2.38. The van der Waals surface area contributed by atoms with E-state index in [0.717, 1.165) is 25.1 Å². The van der Waals surface area contributed by atoms with Crippen molar-refractivity contribution in [1.29, 1.82) is 0 Å². The van der Waals surface area contributed by atoms with E-state index in [1.165, 1.54) is 0 Å². The van der Waals surface area contributed by atoms with Gasteiger partial charge in [0.15, 0.2) is 0 Å². The fourth-order valence-corrected chi connectivity index (χ4v) is 4.28. The number of hydrogen-bond donors (Lipinski definition) is 0. The van der Waals surface area contributed by atoms with Crippen LogP contribution in [0.25, 0.3) is 0 Å². The van der Waals surface area contributed by atoms with Gasteiger partial charge in [0.25, 0.3) is 5.91 Å². The van der Waals surface area contributed by atoms with Gasteiger partial charge in [-0.3, -0.25) is 14.6 Å². The average molecular weight is 380 g/mol.